The Hall–Kier alpha value is -2.21. The molecule has 0 spiro atoms. The Morgan fingerprint density at radius 3 is 2.60 bits per heavy atom. The number of carboxylic acid groups (broad SMARTS) is 1. The number of hydrogen-bond acceptors (Lipinski definition) is 5. The van der Waals surface area contributed by atoms with Gasteiger partial charge in [0.1, 0.15) is 6.29 Å². The van der Waals surface area contributed by atoms with Gasteiger partial charge in [0.15, 0.2) is 6.29 Å². The van der Waals surface area contributed by atoms with Crippen molar-refractivity contribution in [2.45, 2.75) is 25.7 Å². The number of hydrazine groups is 1. The highest BCUT2D eigenvalue weighted by molar-refractivity contribution is 5.87. The fraction of sp³-hybridized carbons (Fsp3) is 0.357. The van der Waals surface area contributed by atoms with Crippen LogP contribution in [-0.2, 0) is 4.79 Å². The molecule has 0 aromatic heterocycles. The second kappa shape index (κ2) is 8.82. The molecule has 0 saturated heterocycles. The van der Waals surface area contributed by atoms with Crippen LogP contribution in [0.4, 0.5) is 5.69 Å². The molecule has 1 aromatic carbocycles. The lowest BCUT2D eigenvalue weighted by Gasteiger charge is -2.10. The smallest absolute Gasteiger partial charge is 0.303 e. The number of carbonyl (C=O) groups is 3. The van der Waals surface area contributed by atoms with Crippen molar-refractivity contribution < 1.29 is 19.5 Å². The average Bonchev–Trinajstić information content (AvgIpc) is 2.45. The van der Waals surface area contributed by atoms with Gasteiger partial charge in [-0.3, -0.25) is 14.4 Å². The zero-order valence-corrected chi connectivity index (χ0v) is 11.1. The number of hydrogen-bond donors (Lipinski definition) is 3. The largest absolute Gasteiger partial charge is 0.481 e. The summed E-state index contributed by atoms with van der Waals surface area (Å²) in [6.07, 6.45) is 3.90. The topological polar surface area (TPSA) is 95.5 Å². The number of benzene rings is 1. The van der Waals surface area contributed by atoms with Gasteiger partial charge in [0.25, 0.3) is 0 Å². The molecule has 0 amide bonds. The molecule has 0 unspecified atom stereocenters. The number of nitrogens with one attached hydrogen (secondary N) is 2. The van der Waals surface area contributed by atoms with Crippen LogP contribution in [0.3, 0.4) is 0 Å². The molecule has 0 aliphatic carbocycles. The SMILES string of the molecule is O=Cc1ccc(C=O)c(NNCCCCCC(=O)O)c1. The van der Waals surface area contributed by atoms with Gasteiger partial charge >= 0.3 is 5.97 Å². The van der Waals surface area contributed by atoms with E-state index < -0.39 is 5.97 Å². The van der Waals surface area contributed by atoms with Crippen LogP contribution in [0.1, 0.15) is 46.4 Å². The van der Waals surface area contributed by atoms with Crippen LogP contribution in [0.5, 0.6) is 0 Å². The molecule has 0 aliphatic rings. The van der Waals surface area contributed by atoms with Crippen molar-refractivity contribution in [1.29, 1.82) is 0 Å². The lowest BCUT2D eigenvalue weighted by Crippen LogP contribution is -2.23. The molecule has 0 saturated carbocycles. The summed E-state index contributed by atoms with van der Waals surface area (Å²) in [4.78, 5) is 31.8. The summed E-state index contributed by atoms with van der Waals surface area (Å²) in [6, 6.07) is 4.75. The molecular formula is C14H18N2O4. The zero-order valence-electron chi connectivity index (χ0n) is 11.1. The molecule has 0 fully saturated rings. The van der Waals surface area contributed by atoms with Crippen molar-refractivity contribution in [1.82, 2.24) is 5.43 Å². The first-order chi connectivity index (χ1) is 9.67. The summed E-state index contributed by atoms with van der Waals surface area (Å²) < 4.78 is 0. The molecule has 6 heteroatoms. The molecule has 0 heterocycles. The highest BCUT2D eigenvalue weighted by atomic mass is 16.4. The first kappa shape index (κ1) is 15.8. The molecule has 3 N–H and O–H groups in total. The first-order valence-corrected chi connectivity index (χ1v) is 6.42. The van der Waals surface area contributed by atoms with Crippen molar-refractivity contribution >= 4 is 24.2 Å². The third kappa shape index (κ3) is 5.62. The van der Waals surface area contributed by atoms with E-state index in [1.165, 1.54) is 0 Å². The highest BCUT2D eigenvalue weighted by Crippen LogP contribution is 2.14. The van der Waals surface area contributed by atoms with E-state index in [1.807, 2.05) is 0 Å². The van der Waals surface area contributed by atoms with Crippen LogP contribution in [-0.4, -0.2) is 30.2 Å². The normalized spacial score (nSPS) is 10.0. The summed E-state index contributed by atoms with van der Waals surface area (Å²) in [7, 11) is 0. The van der Waals surface area contributed by atoms with Crippen molar-refractivity contribution in [2.75, 3.05) is 12.0 Å². The standard InChI is InChI=1S/C14H18N2O4/c17-9-11-5-6-12(10-18)13(8-11)16-15-7-3-1-2-4-14(19)20/h5-6,8-10,15-16H,1-4,7H2,(H,19,20). The van der Waals surface area contributed by atoms with Crippen LogP contribution < -0.4 is 10.9 Å². The lowest BCUT2D eigenvalue weighted by molar-refractivity contribution is -0.137. The van der Waals surface area contributed by atoms with Crippen molar-refractivity contribution in [3.8, 4) is 0 Å². The van der Waals surface area contributed by atoms with E-state index in [0.717, 1.165) is 12.8 Å². The minimum atomic E-state index is -0.780. The van der Waals surface area contributed by atoms with E-state index in [4.69, 9.17) is 5.11 Å². The fourth-order valence-electron chi connectivity index (χ4n) is 1.68. The molecule has 20 heavy (non-hydrogen) atoms. The number of aldehydes is 2. The van der Waals surface area contributed by atoms with Gasteiger partial charge in [-0.2, -0.15) is 0 Å². The zero-order chi connectivity index (χ0) is 14.8. The fourth-order valence-corrected chi connectivity index (χ4v) is 1.68. The second-order valence-corrected chi connectivity index (χ2v) is 4.34. The molecule has 0 aliphatic heterocycles. The van der Waals surface area contributed by atoms with E-state index in [0.29, 0.717) is 42.4 Å². The lowest BCUT2D eigenvalue weighted by atomic mass is 10.1. The Morgan fingerprint density at radius 2 is 1.95 bits per heavy atom. The molecule has 1 aromatic rings. The number of unbranched alkanes of at least 4 members (excludes halogenated alkanes) is 2. The molecule has 108 valence electrons. The van der Waals surface area contributed by atoms with E-state index in [1.54, 1.807) is 18.2 Å². The van der Waals surface area contributed by atoms with Gasteiger partial charge in [0, 0.05) is 24.1 Å². The minimum absolute atomic E-state index is 0.185. The Morgan fingerprint density at radius 1 is 1.15 bits per heavy atom. The predicted molar refractivity (Wildman–Crippen MR) is 74.9 cm³/mol. The van der Waals surface area contributed by atoms with Crippen LogP contribution >= 0.6 is 0 Å². The van der Waals surface area contributed by atoms with Gasteiger partial charge in [0.2, 0.25) is 0 Å². The maximum Gasteiger partial charge on any atom is 0.303 e. The monoisotopic (exact) mass is 278 g/mol. The summed E-state index contributed by atoms with van der Waals surface area (Å²) >= 11 is 0. The quantitative estimate of drug-likeness (QED) is 0.343. The Balaban J connectivity index is 2.32. The van der Waals surface area contributed by atoms with Crippen LogP contribution in [0.25, 0.3) is 0 Å². The number of carboxylic acids is 1. The maximum atomic E-state index is 10.9. The van der Waals surface area contributed by atoms with Crippen molar-refractivity contribution in [3.05, 3.63) is 29.3 Å². The van der Waals surface area contributed by atoms with E-state index in [2.05, 4.69) is 10.9 Å². The summed E-state index contributed by atoms with van der Waals surface area (Å²) in [5.74, 6) is -0.780. The van der Waals surface area contributed by atoms with Crippen LogP contribution in [0, 0.1) is 0 Å². The Kier molecular flexibility index (Phi) is 6.99. The number of carbonyl (C=O) groups excluding carboxylic acids is 2. The van der Waals surface area contributed by atoms with Gasteiger partial charge in [-0.25, -0.2) is 5.43 Å². The molecular weight excluding hydrogens is 260 g/mol. The average molecular weight is 278 g/mol. The Bertz CT molecular complexity index is 474. The molecule has 0 bridgehead atoms. The van der Waals surface area contributed by atoms with Gasteiger partial charge in [-0.1, -0.05) is 12.5 Å². The molecule has 0 radical (unpaired) electrons. The number of aliphatic carboxylic acids is 1. The minimum Gasteiger partial charge on any atom is -0.481 e. The van der Waals surface area contributed by atoms with Gasteiger partial charge in [-0.05, 0) is 25.0 Å². The second-order valence-electron chi connectivity index (χ2n) is 4.34. The third-order valence-electron chi connectivity index (χ3n) is 2.76. The number of anilines is 1. The van der Waals surface area contributed by atoms with E-state index >= 15 is 0 Å². The van der Waals surface area contributed by atoms with Gasteiger partial charge in [-0.15, -0.1) is 0 Å². The molecule has 0 atom stereocenters. The van der Waals surface area contributed by atoms with E-state index in [9.17, 15) is 14.4 Å². The van der Waals surface area contributed by atoms with Crippen LogP contribution in [0.2, 0.25) is 0 Å². The molecule has 1 rings (SSSR count). The third-order valence-corrected chi connectivity index (χ3v) is 2.76. The van der Waals surface area contributed by atoms with E-state index in [-0.39, 0.29) is 6.42 Å². The maximum absolute atomic E-state index is 10.9. The van der Waals surface area contributed by atoms with Crippen molar-refractivity contribution in [2.24, 2.45) is 0 Å². The van der Waals surface area contributed by atoms with Gasteiger partial charge in [0.05, 0.1) is 5.69 Å². The van der Waals surface area contributed by atoms with Gasteiger partial charge < -0.3 is 10.5 Å². The Labute approximate surface area is 117 Å². The summed E-state index contributed by atoms with van der Waals surface area (Å²) in [6.45, 7) is 0.642. The predicted octanol–water partition coefficient (Wildman–Crippen LogP) is 1.87. The number of rotatable bonds is 10. The molecule has 6 nitrogen and oxygen atoms in total. The van der Waals surface area contributed by atoms with Crippen LogP contribution in [0.15, 0.2) is 18.2 Å². The first-order valence-electron chi connectivity index (χ1n) is 6.42. The summed E-state index contributed by atoms with van der Waals surface area (Å²) in [5.41, 5.74) is 7.33. The van der Waals surface area contributed by atoms with Crippen molar-refractivity contribution in [3.63, 3.8) is 0 Å². The summed E-state index contributed by atoms with van der Waals surface area (Å²) in [5, 5.41) is 8.48. The highest BCUT2D eigenvalue weighted by Gasteiger charge is 2.02.